The Labute approximate surface area is 155 Å². The first kappa shape index (κ1) is 18.3. The van der Waals surface area contributed by atoms with Gasteiger partial charge in [-0.15, -0.1) is 11.6 Å². The quantitative estimate of drug-likeness (QED) is 0.589. The van der Waals surface area contributed by atoms with E-state index in [1.54, 1.807) is 0 Å². The van der Waals surface area contributed by atoms with E-state index in [1.807, 2.05) is 48.5 Å². The van der Waals surface area contributed by atoms with Crippen molar-refractivity contribution in [3.05, 3.63) is 59.7 Å². The van der Waals surface area contributed by atoms with Gasteiger partial charge in [0.15, 0.2) is 0 Å². The molecule has 0 N–H and O–H groups in total. The Balaban J connectivity index is 1.61. The monoisotopic (exact) mass is 358 g/mol. The van der Waals surface area contributed by atoms with E-state index in [0.29, 0.717) is 12.5 Å². The average Bonchev–Trinajstić information content (AvgIpc) is 2.82. The number of rotatable bonds is 5. The van der Waals surface area contributed by atoms with E-state index in [-0.39, 0.29) is 18.3 Å². The van der Waals surface area contributed by atoms with E-state index in [4.69, 9.17) is 25.6 Å². The maximum atomic E-state index is 6.08. The summed E-state index contributed by atoms with van der Waals surface area (Å²) in [6.07, 6.45) is 0. The van der Waals surface area contributed by atoms with E-state index >= 15 is 0 Å². The summed E-state index contributed by atoms with van der Waals surface area (Å²) in [5.74, 6) is 1.35. The van der Waals surface area contributed by atoms with Gasteiger partial charge in [0.2, 0.25) is 0 Å². The first-order valence-electron chi connectivity index (χ1n) is 8.53. The maximum Gasteiger partial charge on any atom is 0.494 e. The largest absolute Gasteiger partial charge is 0.494 e. The molecule has 0 aliphatic carbocycles. The van der Waals surface area contributed by atoms with Crippen molar-refractivity contribution in [3.63, 3.8) is 0 Å². The molecular formula is C20H24BClO3. The summed E-state index contributed by atoms with van der Waals surface area (Å²) in [6.45, 7) is 8.76. The third-order valence-electron chi connectivity index (χ3n) is 4.99. The van der Waals surface area contributed by atoms with Crippen LogP contribution in [0.2, 0.25) is 0 Å². The third-order valence-corrected chi connectivity index (χ3v) is 5.30. The standard InChI is InChI=1S/C20H24BClO3/c1-19(2)20(3,4)25-21(24-19)17-9-5-16(6-10-17)14-23-18-11-7-15(13-22)8-12-18/h5-12H,13-14H2,1-4H3. The zero-order valence-corrected chi connectivity index (χ0v) is 16.0. The van der Waals surface area contributed by atoms with Gasteiger partial charge in [-0.05, 0) is 56.4 Å². The van der Waals surface area contributed by atoms with Crippen molar-refractivity contribution in [1.29, 1.82) is 0 Å². The van der Waals surface area contributed by atoms with Gasteiger partial charge in [-0.1, -0.05) is 36.4 Å². The van der Waals surface area contributed by atoms with Gasteiger partial charge in [-0.25, -0.2) is 0 Å². The first-order valence-corrected chi connectivity index (χ1v) is 9.06. The molecule has 132 valence electrons. The van der Waals surface area contributed by atoms with Crippen molar-refractivity contribution < 1.29 is 14.0 Å². The molecule has 5 heteroatoms. The highest BCUT2D eigenvalue weighted by molar-refractivity contribution is 6.62. The number of hydrogen-bond acceptors (Lipinski definition) is 3. The third kappa shape index (κ3) is 4.03. The molecule has 25 heavy (non-hydrogen) atoms. The highest BCUT2D eigenvalue weighted by Crippen LogP contribution is 2.36. The molecule has 0 saturated carbocycles. The predicted octanol–water partition coefficient (Wildman–Crippen LogP) is 4.30. The lowest BCUT2D eigenvalue weighted by Crippen LogP contribution is -2.41. The lowest BCUT2D eigenvalue weighted by atomic mass is 9.79. The molecule has 1 fully saturated rings. The first-order chi connectivity index (χ1) is 11.8. The minimum Gasteiger partial charge on any atom is -0.489 e. The number of halogens is 1. The maximum absolute atomic E-state index is 6.08. The number of alkyl halides is 1. The normalized spacial score (nSPS) is 18.4. The fourth-order valence-corrected chi connectivity index (χ4v) is 2.77. The Morgan fingerprint density at radius 2 is 1.36 bits per heavy atom. The zero-order valence-electron chi connectivity index (χ0n) is 15.2. The van der Waals surface area contributed by atoms with Gasteiger partial charge in [0, 0.05) is 5.88 Å². The Kier molecular flexibility index (Phi) is 5.15. The van der Waals surface area contributed by atoms with Crippen molar-refractivity contribution in [2.75, 3.05) is 0 Å². The summed E-state index contributed by atoms with van der Waals surface area (Å²) in [5.41, 5.74) is 2.56. The lowest BCUT2D eigenvalue weighted by molar-refractivity contribution is 0.00578. The van der Waals surface area contributed by atoms with Crippen molar-refractivity contribution in [3.8, 4) is 5.75 Å². The number of benzene rings is 2. The molecule has 3 nitrogen and oxygen atoms in total. The molecule has 1 aliphatic rings. The van der Waals surface area contributed by atoms with Gasteiger partial charge < -0.3 is 14.0 Å². The molecule has 3 rings (SSSR count). The molecule has 0 radical (unpaired) electrons. The van der Waals surface area contributed by atoms with Crippen LogP contribution in [0, 0.1) is 0 Å². The van der Waals surface area contributed by atoms with Gasteiger partial charge in [-0.2, -0.15) is 0 Å². The molecule has 0 unspecified atom stereocenters. The molecule has 2 aromatic carbocycles. The highest BCUT2D eigenvalue weighted by Gasteiger charge is 2.51. The van der Waals surface area contributed by atoms with Crippen LogP contribution in [0.25, 0.3) is 0 Å². The number of ether oxygens (including phenoxy) is 1. The summed E-state index contributed by atoms with van der Waals surface area (Å²) in [6, 6.07) is 16.0. The summed E-state index contributed by atoms with van der Waals surface area (Å²) in [4.78, 5) is 0. The molecular weight excluding hydrogens is 334 g/mol. The summed E-state index contributed by atoms with van der Waals surface area (Å²) in [7, 11) is -0.330. The van der Waals surface area contributed by atoms with Gasteiger partial charge in [0.25, 0.3) is 0 Å². The van der Waals surface area contributed by atoms with Crippen LogP contribution in [-0.4, -0.2) is 18.3 Å². The van der Waals surface area contributed by atoms with E-state index in [1.165, 1.54) is 0 Å². The van der Waals surface area contributed by atoms with Crippen LogP contribution in [0.5, 0.6) is 5.75 Å². The summed E-state index contributed by atoms with van der Waals surface area (Å²) in [5, 5.41) is 0. The van der Waals surface area contributed by atoms with E-state index in [9.17, 15) is 0 Å². The molecule has 1 heterocycles. The van der Waals surface area contributed by atoms with Crippen LogP contribution in [0.1, 0.15) is 38.8 Å². The van der Waals surface area contributed by atoms with Crippen LogP contribution >= 0.6 is 11.6 Å². The molecule has 0 spiro atoms. The van der Waals surface area contributed by atoms with Gasteiger partial charge in [0.1, 0.15) is 12.4 Å². The number of hydrogen-bond donors (Lipinski definition) is 0. The van der Waals surface area contributed by atoms with Crippen LogP contribution in [0.15, 0.2) is 48.5 Å². The highest BCUT2D eigenvalue weighted by atomic mass is 35.5. The van der Waals surface area contributed by atoms with Crippen LogP contribution < -0.4 is 10.2 Å². The van der Waals surface area contributed by atoms with Gasteiger partial charge in [-0.3, -0.25) is 0 Å². The Morgan fingerprint density at radius 3 is 1.88 bits per heavy atom. The Morgan fingerprint density at radius 1 is 0.840 bits per heavy atom. The minimum absolute atomic E-state index is 0.325. The van der Waals surface area contributed by atoms with E-state index < -0.39 is 0 Å². The second-order valence-electron chi connectivity index (χ2n) is 7.40. The molecule has 2 aromatic rings. The second kappa shape index (κ2) is 7.03. The van der Waals surface area contributed by atoms with Crippen LogP contribution in [0.4, 0.5) is 0 Å². The van der Waals surface area contributed by atoms with Crippen molar-refractivity contribution in [2.24, 2.45) is 0 Å². The minimum atomic E-state index is -0.330. The molecule has 0 amide bonds. The predicted molar refractivity (Wildman–Crippen MR) is 102 cm³/mol. The molecule has 1 aliphatic heterocycles. The van der Waals surface area contributed by atoms with Gasteiger partial charge >= 0.3 is 7.12 Å². The molecule has 1 saturated heterocycles. The van der Waals surface area contributed by atoms with Crippen molar-refractivity contribution in [1.82, 2.24) is 0 Å². The average molecular weight is 359 g/mol. The summed E-state index contributed by atoms with van der Waals surface area (Å²) < 4.78 is 18.0. The molecule has 0 bridgehead atoms. The second-order valence-corrected chi connectivity index (χ2v) is 7.66. The SMILES string of the molecule is CC1(C)OB(c2ccc(COc3ccc(CCl)cc3)cc2)OC1(C)C. The van der Waals surface area contributed by atoms with Gasteiger partial charge in [0.05, 0.1) is 11.2 Å². The Hall–Kier alpha value is -1.49. The van der Waals surface area contributed by atoms with Crippen molar-refractivity contribution >= 4 is 24.2 Å². The smallest absolute Gasteiger partial charge is 0.489 e. The van der Waals surface area contributed by atoms with Crippen LogP contribution in [-0.2, 0) is 21.8 Å². The van der Waals surface area contributed by atoms with E-state index in [2.05, 4.69) is 27.7 Å². The summed E-state index contributed by atoms with van der Waals surface area (Å²) >= 11 is 5.79. The molecule has 0 aromatic heterocycles. The van der Waals surface area contributed by atoms with E-state index in [0.717, 1.165) is 22.3 Å². The van der Waals surface area contributed by atoms with Crippen LogP contribution in [0.3, 0.4) is 0 Å². The Bertz CT molecular complexity index is 695. The zero-order chi connectivity index (χ0) is 18.1. The lowest BCUT2D eigenvalue weighted by Gasteiger charge is -2.32. The van der Waals surface area contributed by atoms with Crippen molar-refractivity contribution in [2.45, 2.75) is 51.4 Å². The fraction of sp³-hybridized carbons (Fsp3) is 0.400. The molecule has 0 atom stereocenters. The topological polar surface area (TPSA) is 27.7 Å². The fourth-order valence-electron chi connectivity index (χ4n) is 2.59.